The lowest BCUT2D eigenvalue weighted by Gasteiger charge is -2.16. The summed E-state index contributed by atoms with van der Waals surface area (Å²) in [7, 11) is 0. The smallest absolute Gasteiger partial charge is 0.246 e. The molecule has 2 aromatic carbocycles. The maximum atomic E-state index is 12.3. The van der Waals surface area contributed by atoms with Gasteiger partial charge in [-0.25, -0.2) is 0 Å². The molecule has 1 atom stereocenters. The van der Waals surface area contributed by atoms with Crippen LogP contribution >= 0.6 is 22.6 Å². The van der Waals surface area contributed by atoms with Gasteiger partial charge in [0.15, 0.2) is 0 Å². The van der Waals surface area contributed by atoms with Crippen molar-refractivity contribution in [3.8, 4) is 0 Å². The van der Waals surface area contributed by atoms with Gasteiger partial charge in [-0.3, -0.25) is 4.79 Å². The Balaban J connectivity index is 1.76. The normalized spacial score (nSPS) is 17.9. The maximum Gasteiger partial charge on any atom is 0.246 e. The first-order chi connectivity index (χ1) is 9.72. The van der Waals surface area contributed by atoms with Crippen LogP contribution in [0.25, 0.3) is 0 Å². The number of aryl methyl sites for hydroxylation is 1. The maximum absolute atomic E-state index is 12.3. The first kappa shape index (κ1) is 13.4. The number of rotatable bonds is 2. The molecule has 1 unspecified atom stereocenters. The number of halogens is 1. The second-order valence-electron chi connectivity index (χ2n) is 4.89. The minimum atomic E-state index is -0.192. The number of hydrogen-bond donors (Lipinski definition) is 2. The summed E-state index contributed by atoms with van der Waals surface area (Å²) in [6.45, 7) is 0. The fraction of sp³-hybridized carbons (Fsp3) is 0.188. The zero-order chi connectivity index (χ0) is 13.9. The van der Waals surface area contributed by atoms with Crippen LogP contribution in [-0.2, 0) is 11.2 Å². The Hall–Kier alpha value is -1.56. The first-order valence-electron chi connectivity index (χ1n) is 6.63. The highest BCUT2D eigenvalue weighted by atomic mass is 127. The summed E-state index contributed by atoms with van der Waals surface area (Å²) in [5.74, 6) is 0.0356. The summed E-state index contributed by atoms with van der Waals surface area (Å²) >= 11 is 2.27. The molecule has 0 spiro atoms. The zero-order valence-corrected chi connectivity index (χ0v) is 13.1. The van der Waals surface area contributed by atoms with Gasteiger partial charge < -0.3 is 10.6 Å². The van der Waals surface area contributed by atoms with Crippen LogP contribution in [0.2, 0.25) is 0 Å². The van der Waals surface area contributed by atoms with Gasteiger partial charge in [0.25, 0.3) is 0 Å². The monoisotopic (exact) mass is 378 g/mol. The molecular formula is C16H15IN2O. The van der Waals surface area contributed by atoms with Gasteiger partial charge in [-0.05, 0) is 71.3 Å². The number of anilines is 2. The molecule has 0 bridgehead atoms. The first-order valence-corrected chi connectivity index (χ1v) is 7.71. The lowest BCUT2D eigenvalue weighted by Crippen LogP contribution is -2.33. The lowest BCUT2D eigenvalue weighted by atomic mass is 10.1. The largest absolute Gasteiger partial charge is 0.374 e. The molecule has 0 saturated carbocycles. The van der Waals surface area contributed by atoms with E-state index in [-0.39, 0.29) is 11.9 Å². The van der Waals surface area contributed by atoms with Crippen molar-refractivity contribution in [1.29, 1.82) is 0 Å². The second kappa shape index (κ2) is 5.83. The zero-order valence-electron chi connectivity index (χ0n) is 10.9. The van der Waals surface area contributed by atoms with Crippen LogP contribution in [0.5, 0.6) is 0 Å². The molecule has 102 valence electrons. The fourth-order valence-electron chi connectivity index (χ4n) is 2.40. The third-order valence-corrected chi connectivity index (χ3v) is 4.20. The van der Waals surface area contributed by atoms with Crippen molar-refractivity contribution < 1.29 is 4.79 Å². The van der Waals surface area contributed by atoms with Crippen LogP contribution in [0.4, 0.5) is 11.4 Å². The van der Waals surface area contributed by atoms with E-state index in [1.165, 1.54) is 9.13 Å². The average molecular weight is 378 g/mol. The van der Waals surface area contributed by atoms with Gasteiger partial charge in [0.05, 0.1) is 0 Å². The number of fused-ring (bicyclic) bond motifs is 1. The van der Waals surface area contributed by atoms with E-state index in [0.717, 1.165) is 24.2 Å². The Labute approximate surface area is 131 Å². The molecule has 0 aliphatic carbocycles. The number of carbonyl (C=O) groups is 1. The average Bonchev–Trinajstić information content (AvgIpc) is 2.61. The van der Waals surface area contributed by atoms with E-state index in [1.807, 2.05) is 42.5 Å². The predicted octanol–water partition coefficient (Wildman–Crippen LogP) is 3.66. The standard InChI is InChI=1S/C16H15IN2O/c17-12-6-8-13(9-7-12)18-15-10-5-11-3-1-2-4-14(11)19-16(15)20/h1-4,6-9,15,18H,5,10H2,(H,19,20). The molecule has 1 heterocycles. The van der Waals surface area contributed by atoms with Gasteiger partial charge in [-0.2, -0.15) is 0 Å². The number of carbonyl (C=O) groups excluding carboxylic acids is 1. The third-order valence-electron chi connectivity index (χ3n) is 3.48. The van der Waals surface area contributed by atoms with E-state index in [0.29, 0.717) is 0 Å². The van der Waals surface area contributed by atoms with Crippen LogP contribution < -0.4 is 10.6 Å². The van der Waals surface area contributed by atoms with E-state index in [4.69, 9.17) is 0 Å². The molecule has 1 aliphatic rings. The van der Waals surface area contributed by atoms with E-state index >= 15 is 0 Å². The minimum absolute atomic E-state index is 0.0356. The summed E-state index contributed by atoms with van der Waals surface area (Å²) in [4.78, 5) is 12.3. The van der Waals surface area contributed by atoms with Crippen LogP contribution in [0.1, 0.15) is 12.0 Å². The molecule has 4 heteroatoms. The number of hydrogen-bond acceptors (Lipinski definition) is 2. The lowest BCUT2D eigenvalue weighted by molar-refractivity contribution is -0.116. The number of benzene rings is 2. The number of para-hydroxylation sites is 1. The Bertz CT molecular complexity index is 625. The Morgan fingerprint density at radius 2 is 1.85 bits per heavy atom. The predicted molar refractivity (Wildman–Crippen MR) is 90.0 cm³/mol. The van der Waals surface area contributed by atoms with Crippen molar-refractivity contribution in [3.05, 3.63) is 57.7 Å². The molecule has 0 radical (unpaired) electrons. The fourth-order valence-corrected chi connectivity index (χ4v) is 2.76. The van der Waals surface area contributed by atoms with Crippen molar-refractivity contribution in [2.75, 3.05) is 10.6 Å². The highest BCUT2D eigenvalue weighted by molar-refractivity contribution is 14.1. The second-order valence-corrected chi connectivity index (χ2v) is 6.13. The summed E-state index contributed by atoms with van der Waals surface area (Å²) < 4.78 is 1.19. The quantitative estimate of drug-likeness (QED) is 0.784. The van der Waals surface area contributed by atoms with Crippen LogP contribution in [0.15, 0.2) is 48.5 Å². The van der Waals surface area contributed by atoms with E-state index in [2.05, 4.69) is 39.3 Å². The van der Waals surface area contributed by atoms with Gasteiger partial charge in [0, 0.05) is 14.9 Å². The van der Waals surface area contributed by atoms with Crippen LogP contribution in [-0.4, -0.2) is 11.9 Å². The Kier molecular flexibility index (Phi) is 3.91. The van der Waals surface area contributed by atoms with Crippen molar-refractivity contribution in [2.45, 2.75) is 18.9 Å². The molecule has 2 N–H and O–H groups in total. The Morgan fingerprint density at radius 1 is 1.10 bits per heavy atom. The molecule has 20 heavy (non-hydrogen) atoms. The topological polar surface area (TPSA) is 41.1 Å². The molecular weight excluding hydrogens is 363 g/mol. The van der Waals surface area contributed by atoms with Crippen molar-refractivity contribution >= 4 is 39.9 Å². The summed E-state index contributed by atoms with van der Waals surface area (Å²) in [5.41, 5.74) is 3.12. The molecule has 0 fully saturated rings. The molecule has 2 aromatic rings. The minimum Gasteiger partial charge on any atom is -0.374 e. The summed E-state index contributed by atoms with van der Waals surface area (Å²) in [6, 6.07) is 15.9. The van der Waals surface area contributed by atoms with Gasteiger partial charge >= 0.3 is 0 Å². The van der Waals surface area contributed by atoms with E-state index in [1.54, 1.807) is 0 Å². The highest BCUT2D eigenvalue weighted by Gasteiger charge is 2.23. The molecule has 3 rings (SSSR count). The van der Waals surface area contributed by atoms with Crippen molar-refractivity contribution in [2.24, 2.45) is 0 Å². The molecule has 0 saturated heterocycles. The molecule has 3 nitrogen and oxygen atoms in total. The van der Waals surface area contributed by atoms with Gasteiger partial charge in [0.1, 0.15) is 6.04 Å². The van der Waals surface area contributed by atoms with Crippen molar-refractivity contribution in [1.82, 2.24) is 0 Å². The number of nitrogens with one attached hydrogen (secondary N) is 2. The van der Waals surface area contributed by atoms with Crippen LogP contribution in [0.3, 0.4) is 0 Å². The molecule has 0 aromatic heterocycles. The number of amides is 1. The SMILES string of the molecule is O=C1Nc2ccccc2CCC1Nc1ccc(I)cc1. The Morgan fingerprint density at radius 3 is 2.65 bits per heavy atom. The van der Waals surface area contributed by atoms with Gasteiger partial charge in [-0.1, -0.05) is 18.2 Å². The molecule has 1 amide bonds. The van der Waals surface area contributed by atoms with Crippen molar-refractivity contribution in [3.63, 3.8) is 0 Å². The van der Waals surface area contributed by atoms with Crippen LogP contribution in [0, 0.1) is 3.57 Å². The third kappa shape index (κ3) is 2.95. The molecule has 1 aliphatic heterocycles. The highest BCUT2D eigenvalue weighted by Crippen LogP contribution is 2.23. The summed E-state index contributed by atoms with van der Waals surface area (Å²) in [6.07, 6.45) is 1.70. The van der Waals surface area contributed by atoms with Gasteiger partial charge in [-0.15, -0.1) is 0 Å². The summed E-state index contributed by atoms with van der Waals surface area (Å²) in [5, 5.41) is 6.32. The van der Waals surface area contributed by atoms with Gasteiger partial charge in [0.2, 0.25) is 5.91 Å². The van der Waals surface area contributed by atoms with E-state index in [9.17, 15) is 4.79 Å². The van der Waals surface area contributed by atoms with E-state index < -0.39 is 0 Å².